The molecule has 4 rings (SSSR count). The van der Waals surface area contributed by atoms with Crippen LogP contribution in [-0.4, -0.2) is 45.9 Å². The summed E-state index contributed by atoms with van der Waals surface area (Å²) in [7, 11) is 0. The second-order valence-corrected chi connectivity index (χ2v) is 9.09. The molecule has 31 heavy (non-hydrogen) atoms. The van der Waals surface area contributed by atoms with Gasteiger partial charge in [0, 0.05) is 44.9 Å². The molecular weight excluding hydrogens is 388 g/mol. The summed E-state index contributed by atoms with van der Waals surface area (Å²) in [6.45, 7) is 3.29. The van der Waals surface area contributed by atoms with Crippen molar-refractivity contribution in [3.63, 3.8) is 0 Å². The number of carbonyl (C=O) groups is 2. The maximum Gasteiger partial charge on any atom is 0.224 e. The highest BCUT2D eigenvalue weighted by Crippen LogP contribution is 2.28. The van der Waals surface area contributed by atoms with Crippen LogP contribution < -0.4 is 5.32 Å². The summed E-state index contributed by atoms with van der Waals surface area (Å²) in [5.41, 5.74) is 2.13. The Morgan fingerprint density at radius 1 is 1.00 bits per heavy atom. The van der Waals surface area contributed by atoms with Gasteiger partial charge in [0.25, 0.3) is 0 Å². The lowest BCUT2D eigenvalue weighted by atomic mass is 10.2. The maximum absolute atomic E-state index is 12.8. The molecular formula is C25H36N4O2. The van der Waals surface area contributed by atoms with Crippen molar-refractivity contribution in [1.29, 1.82) is 0 Å². The van der Waals surface area contributed by atoms with Crippen molar-refractivity contribution >= 4 is 22.8 Å². The number of benzene rings is 1. The van der Waals surface area contributed by atoms with Crippen molar-refractivity contribution in [2.75, 3.05) is 19.6 Å². The van der Waals surface area contributed by atoms with Gasteiger partial charge in [-0.15, -0.1) is 0 Å². The van der Waals surface area contributed by atoms with Crippen LogP contribution in [0.3, 0.4) is 0 Å². The summed E-state index contributed by atoms with van der Waals surface area (Å²) >= 11 is 0. The minimum Gasteiger partial charge on any atom is -0.356 e. The predicted octanol–water partition coefficient (Wildman–Crippen LogP) is 4.07. The SMILES string of the molecule is O=C(NCCCCCc1nc2ccccc2n1CCC(=O)N1CCCCCC1)C1CC1. The summed E-state index contributed by atoms with van der Waals surface area (Å²) < 4.78 is 2.25. The molecule has 6 nitrogen and oxygen atoms in total. The van der Waals surface area contributed by atoms with Crippen LogP contribution in [0, 0.1) is 5.92 Å². The number of carbonyl (C=O) groups excluding carboxylic acids is 2. The molecule has 1 aromatic heterocycles. The molecule has 1 aromatic carbocycles. The van der Waals surface area contributed by atoms with Crippen LogP contribution in [0.15, 0.2) is 24.3 Å². The molecule has 1 saturated heterocycles. The molecule has 1 aliphatic carbocycles. The van der Waals surface area contributed by atoms with Gasteiger partial charge in [0.05, 0.1) is 11.0 Å². The standard InChI is InChI=1S/C25H36N4O2/c30-24(28-17-8-1-2-9-18-28)15-19-29-22-11-6-5-10-21(22)27-23(29)12-4-3-7-16-26-25(31)20-13-14-20/h5-6,10-11,20H,1-4,7-9,12-19H2,(H,26,31). The van der Waals surface area contributed by atoms with Gasteiger partial charge >= 0.3 is 0 Å². The number of aryl methyl sites for hydroxylation is 2. The summed E-state index contributed by atoms with van der Waals surface area (Å²) in [5.74, 6) is 1.87. The van der Waals surface area contributed by atoms with Crippen molar-refractivity contribution in [2.24, 2.45) is 5.92 Å². The van der Waals surface area contributed by atoms with E-state index in [0.717, 1.165) is 87.9 Å². The third kappa shape index (κ3) is 6.08. The van der Waals surface area contributed by atoms with E-state index < -0.39 is 0 Å². The number of fused-ring (bicyclic) bond motifs is 1. The summed E-state index contributed by atoms with van der Waals surface area (Å²) in [4.78, 5) is 31.4. The first-order valence-corrected chi connectivity index (χ1v) is 12.2. The first-order chi connectivity index (χ1) is 15.2. The number of unbranched alkanes of at least 4 members (excludes halogenated alkanes) is 2. The fourth-order valence-corrected chi connectivity index (χ4v) is 4.54. The van der Waals surface area contributed by atoms with Crippen molar-refractivity contribution < 1.29 is 9.59 Å². The van der Waals surface area contributed by atoms with E-state index in [-0.39, 0.29) is 17.7 Å². The van der Waals surface area contributed by atoms with E-state index >= 15 is 0 Å². The summed E-state index contributed by atoms with van der Waals surface area (Å²) in [6, 6.07) is 8.23. The van der Waals surface area contributed by atoms with Crippen LogP contribution in [0.2, 0.25) is 0 Å². The molecule has 0 atom stereocenters. The number of amides is 2. The first-order valence-electron chi connectivity index (χ1n) is 12.2. The maximum atomic E-state index is 12.8. The van der Waals surface area contributed by atoms with E-state index in [2.05, 4.69) is 26.9 Å². The first kappa shape index (κ1) is 21.8. The van der Waals surface area contributed by atoms with E-state index in [9.17, 15) is 9.59 Å². The smallest absolute Gasteiger partial charge is 0.224 e. The van der Waals surface area contributed by atoms with Gasteiger partial charge in [0.2, 0.25) is 11.8 Å². The van der Waals surface area contributed by atoms with E-state index in [1.54, 1.807) is 0 Å². The average Bonchev–Trinajstić information content (AvgIpc) is 3.60. The van der Waals surface area contributed by atoms with Gasteiger partial charge in [0.15, 0.2) is 0 Å². The van der Waals surface area contributed by atoms with Crippen LogP contribution >= 0.6 is 0 Å². The van der Waals surface area contributed by atoms with E-state index in [1.807, 2.05) is 12.1 Å². The largest absolute Gasteiger partial charge is 0.356 e. The van der Waals surface area contributed by atoms with Gasteiger partial charge in [-0.2, -0.15) is 0 Å². The van der Waals surface area contributed by atoms with Gasteiger partial charge in [-0.3, -0.25) is 9.59 Å². The van der Waals surface area contributed by atoms with Crippen LogP contribution in [0.1, 0.15) is 70.0 Å². The second kappa shape index (κ2) is 10.8. The molecule has 0 spiro atoms. The molecule has 6 heteroatoms. The highest BCUT2D eigenvalue weighted by molar-refractivity contribution is 5.80. The number of imidazole rings is 1. The average molecular weight is 425 g/mol. The molecule has 1 saturated carbocycles. The lowest BCUT2D eigenvalue weighted by Crippen LogP contribution is -2.32. The van der Waals surface area contributed by atoms with Crippen molar-refractivity contribution in [1.82, 2.24) is 19.8 Å². The highest BCUT2D eigenvalue weighted by Gasteiger charge is 2.28. The molecule has 2 heterocycles. The number of rotatable bonds is 10. The molecule has 1 aliphatic heterocycles. The fraction of sp³-hybridized carbons (Fsp3) is 0.640. The Kier molecular flexibility index (Phi) is 7.60. The molecule has 168 valence electrons. The summed E-state index contributed by atoms with van der Waals surface area (Å²) in [6.07, 6.45) is 11.4. The quantitative estimate of drug-likeness (QED) is 0.585. The van der Waals surface area contributed by atoms with Crippen LogP contribution in [0.25, 0.3) is 11.0 Å². The molecule has 0 radical (unpaired) electrons. The Balaban J connectivity index is 1.29. The predicted molar refractivity (Wildman–Crippen MR) is 123 cm³/mol. The van der Waals surface area contributed by atoms with Crippen molar-refractivity contribution in [3.05, 3.63) is 30.1 Å². The molecule has 2 aromatic rings. The zero-order chi connectivity index (χ0) is 21.5. The van der Waals surface area contributed by atoms with E-state index in [4.69, 9.17) is 4.98 Å². The Morgan fingerprint density at radius 2 is 1.77 bits per heavy atom. The topological polar surface area (TPSA) is 67.2 Å². The normalized spacial score (nSPS) is 17.0. The van der Waals surface area contributed by atoms with Crippen molar-refractivity contribution in [3.8, 4) is 0 Å². The van der Waals surface area contributed by atoms with E-state index in [0.29, 0.717) is 13.0 Å². The lowest BCUT2D eigenvalue weighted by molar-refractivity contribution is -0.131. The monoisotopic (exact) mass is 424 g/mol. The Hall–Kier alpha value is -2.37. The number of para-hydroxylation sites is 2. The Bertz CT molecular complexity index is 879. The lowest BCUT2D eigenvalue weighted by Gasteiger charge is -2.20. The number of likely N-dealkylation sites (tertiary alicyclic amines) is 1. The summed E-state index contributed by atoms with van der Waals surface area (Å²) in [5, 5.41) is 3.04. The third-order valence-corrected chi connectivity index (χ3v) is 6.57. The van der Waals surface area contributed by atoms with Gasteiger partial charge in [-0.05, 0) is 50.7 Å². The molecule has 2 amide bonds. The van der Waals surface area contributed by atoms with Gasteiger partial charge in [-0.1, -0.05) is 31.4 Å². The zero-order valence-corrected chi connectivity index (χ0v) is 18.7. The number of hydrogen-bond acceptors (Lipinski definition) is 3. The molecule has 2 fully saturated rings. The zero-order valence-electron chi connectivity index (χ0n) is 18.7. The number of aromatic nitrogens is 2. The number of nitrogens with one attached hydrogen (secondary N) is 1. The van der Waals surface area contributed by atoms with Gasteiger partial charge in [0.1, 0.15) is 5.82 Å². The minimum atomic E-state index is 0.232. The van der Waals surface area contributed by atoms with Crippen LogP contribution in [-0.2, 0) is 22.6 Å². The highest BCUT2D eigenvalue weighted by atomic mass is 16.2. The fourth-order valence-electron chi connectivity index (χ4n) is 4.54. The Morgan fingerprint density at radius 3 is 2.55 bits per heavy atom. The molecule has 0 bridgehead atoms. The van der Waals surface area contributed by atoms with Crippen molar-refractivity contribution in [2.45, 2.75) is 77.2 Å². The minimum absolute atomic E-state index is 0.232. The molecule has 1 N–H and O–H groups in total. The van der Waals surface area contributed by atoms with Crippen LogP contribution in [0.4, 0.5) is 0 Å². The third-order valence-electron chi connectivity index (χ3n) is 6.57. The van der Waals surface area contributed by atoms with E-state index in [1.165, 1.54) is 12.8 Å². The Labute approximate surface area is 185 Å². The molecule has 0 unspecified atom stereocenters. The number of nitrogens with zero attached hydrogens (tertiary/aromatic N) is 3. The van der Waals surface area contributed by atoms with Crippen LogP contribution in [0.5, 0.6) is 0 Å². The number of hydrogen-bond donors (Lipinski definition) is 1. The second-order valence-electron chi connectivity index (χ2n) is 9.09. The van der Waals surface area contributed by atoms with Gasteiger partial charge in [-0.25, -0.2) is 4.98 Å². The molecule has 2 aliphatic rings. The van der Waals surface area contributed by atoms with Gasteiger partial charge < -0.3 is 14.8 Å².